The number of hydrogen-bond acceptors (Lipinski definition) is 3. The standard InChI is InChI=1S/C14H20N4O2/c1-11-5-6-13(20-11)12(2)17-14(19)15-7-3-9-18-10-4-8-16-18/h4-6,8,10,12H,3,7,9H2,1-2H3,(H2,15,17,19)/t12-/m1/s1. The van der Waals surface area contributed by atoms with Crippen LogP contribution < -0.4 is 10.6 Å². The van der Waals surface area contributed by atoms with Crippen molar-refractivity contribution in [1.82, 2.24) is 20.4 Å². The first-order valence-electron chi connectivity index (χ1n) is 6.73. The number of aromatic nitrogens is 2. The molecule has 1 atom stereocenters. The first-order chi connectivity index (χ1) is 9.65. The summed E-state index contributed by atoms with van der Waals surface area (Å²) in [6, 6.07) is 5.31. The van der Waals surface area contributed by atoms with E-state index in [9.17, 15) is 4.79 Å². The fraction of sp³-hybridized carbons (Fsp3) is 0.429. The summed E-state index contributed by atoms with van der Waals surface area (Å²) in [7, 11) is 0. The Kier molecular flexibility index (Phi) is 4.81. The van der Waals surface area contributed by atoms with Crippen LogP contribution in [0.1, 0.15) is 30.9 Å². The first kappa shape index (κ1) is 14.2. The van der Waals surface area contributed by atoms with Gasteiger partial charge in [-0.1, -0.05) is 0 Å². The molecule has 0 saturated heterocycles. The zero-order chi connectivity index (χ0) is 14.4. The predicted molar refractivity (Wildman–Crippen MR) is 75.2 cm³/mol. The fourth-order valence-electron chi connectivity index (χ4n) is 1.88. The maximum atomic E-state index is 11.7. The second-order valence-corrected chi connectivity index (χ2v) is 4.69. The van der Waals surface area contributed by atoms with Crippen LogP contribution in [0.2, 0.25) is 0 Å². The molecule has 0 radical (unpaired) electrons. The second kappa shape index (κ2) is 6.79. The average molecular weight is 276 g/mol. The largest absolute Gasteiger partial charge is 0.464 e. The number of aryl methyl sites for hydroxylation is 2. The van der Waals surface area contributed by atoms with Gasteiger partial charge in [0.15, 0.2) is 0 Å². The SMILES string of the molecule is Cc1ccc([C@@H](C)NC(=O)NCCCn2cccn2)o1. The topological polar surface area (TPSA) is 72.1 Å². The molecule has 0 spiro atoms. The Bertz CT molecular complexity index is 533. The molecule has 2 amide bonds. The lowest BCUT2D eigenvalue weighted by Gasteiger charge is -2.12. The van der Waals surface area contributed by atoms with Gasteiger partial charge in [-0.2, -0.15) is 5.10 Å². The van der Waals surface area contributed by atoms with Crippen molar-refractivity contribution in [3.8, 4) is 0 Å². The van der Waals surface area contributed by atoms with E-state index in [0.29, 0.717) is 6.54 Å². The number of carbonyl (C=O) groups is 1. The van der Waals surface area contributed by atoms with Crippen LogP contribution in [0.15, 0.2) is 35.0 Å². The number of nitrogens with one attached hydrogen (secondary N) is 2. The molecular weight excluding hydrogens is 256 g/mol. The van der Waals surface area contributed by atoms with E-state index in [1.807, 2.05) is 42.9 Å². The molecule has 2 aromatic rings. The molecule has 6 heteroatoms. The highest BCUT2D eigenvalue weighted by Gasteiger charge is 2.11. The van der Waals surface area contributed by atoms with Gasteiger partial charge in [-0.25, -0.2) is 4.79 Å². The lowest BCUT2D eigenvalue weighted by Crippen LogP contribution is -2.37. The summed E-state index contributed by atoms with van der Waals surface area (Å²) in [5.41, 5.74) is 0. The minimum Gasteiger partial charge on any atom is -0.464 e. The number of carbonyl (C=O) groups excluding carboxylic acids is 1. The fourth-order valence-corrected chi connectivity index (χ4v) is 1.88. The van der Waals surface area contributed by atoms with Gasteiger partial charge in [0.05, 0.1) is 6.04 Å². The molecule has 108 valence electrons. The molecule has 2 N–H and O–H groups in total. The molecule has 0 aliphatic carbocycles. The highest BCUT2D eigenvalue weighted by molar-refractivity contribution is 5.74. The van der Waals surface area contributed by atoms with Crippen molar-refractivity contribution >= 4 is 6.03 Å². The van der Waals surface area contributed by atoms with Gasteiger partial charge in [0, 0.05) is 25.5 Å². The van der Waals surface area contributed by atoms with E-state index in [0.717, 1.165) is 24.5 Å². The lowest BCUT2D eigenvalue weighted by atomic mass is 10.2. The molecule has 0 bridgehead atoms. The summed E-state index contributed by atoms with van der Waals surface area (Å²) in [6.45, 7) is 5.17. The van der Waals surface area contributed by atoms with Gasteiger partial charge in [-0.3, -0.25) is 4.68 Å². The van der Waals surface area contributed by atoms with Gasteiger partial charge in [-0.15, -0.1) is 0 Å². The Morgan fingerprint density at radius 1 is 1.50 bits per heavy atom. The number of furan rings is 1. The van der Waals surface area contributed by atoms with E-state index in [4.69, 9.17) is 4.42 Å². The first-order valence-corrected chi connectivity index (χ1v) is 6.73. The monoisotopic (exact) mass is 276 g/mol. The van der Waals surface area contributed by atoms with E-state index in [1.165, 1.54) is 0 Å². The molecule has 6 nitrogen and oxygen atoms in total. The van der Waals surface area contributed by atoms with Crippen molar-refractivity contribution in [1.29, 1.82) is 0 Å². The van der Waals surface area contributed by atoms with E-state index in [1.54, 1.807) is 6.20 Å². The maximum Gasteiger partial charge on any atom is 0.315 e. The molecule has 0 aliphatic rings. The summed E-state index contributed by atoms with van der Waals surface area (Å²) in [4.78, 5) is 11.7. The molecule has 2 rings (SSSR count). The Morgan fingerprint density at radius 3 is 3.00 bits per heavy atom. The smallest absolute Gasteiger partial charge is 0.315 e. The summed E-state index contributed by atoms with van der Waals surface area (Å²) in [6.07, 6.45) is 4.48. The Balaban J connectivity index is 1.65. The number of amides is 2. The van der Waals surface area contributed by atoms with Gasteiger partial charge in [0.1, 0.15) is 11.5 Å². The van der Waals surface area contributed by atoms with Crippen LogP contribution >= 0.6 is 0 Å². The number of nitrogens with zero attached hydrogens (tertiary/aromatic N) is 2. The van der Waals surface area contributed by atoms with Crippen LogP contribution in [0, 0.1) is 6.92 Å². The number of urea groups is 1. The molecule has 2 aromatic heterocycles. The van der Waals surface area contributed by atoms with Crippen molar-refractivity contribution < 1.29 is 9.21 Å². The van der Waals surface area contributed by atoms with E-state index in [-0.39, 0.29) is 12.1 Å². The molecule has 2 heterocycles. The van der Waals surface area contributed by atoms with Crippen LogP contribution in [0.3, 0.4) is 0 Å². The highest BCUT2D eigenvalue weighted by atomic mass is 16.3. The number of hydrogen-bond donors (Lipinski definition) is 2. The predicted octanol–water partition coefficient (Wildman–Crippen LogP) is 2.24. The van der Waals surface area contributed by atoms with Gasteiger partial charge in [-0.05, 0) is 38.5 Å². The van der Waals surface area contributed by atoms with E-state index < -0.39 is 0 Å². The van der Waals surface area contributed by atoms with Crippen molar-refractivity contribution in [3.05, 3.63) is 42.1 Å². The minimum atomic E-state index is -0.188. The Labute approximate surface area is 118 Å². The van der Waals surface area contributed by atoms with Crippen molar-refractivity contribution in [3.63, 3.8) is 0 Å². The molecule has 20 heavy (non-hydrogen) atoms. The van der Waals surface area contributed by atoms with Gasteiger partial charge in [0.25, 0.3) is 0 Å². The molecule has 0 unspecified atom stereocenters. The lowest BCUT2D eigenvalue weighted by molar-refractivity contribution is 0.235. The van der Waals surface area contributed by atoms with Crippen molar-refractivity contribution in [2.45, 2.75) is 32.9 Å². The molecule has 0 fully saturated rings. The van der Waals surface area contributed by atoms with Crippen molar-refractivity contribution in [2.75, 3.05) is 6.54 Å². The number of rotatable bonds is 6. The van der Waals surface area contributed by atoms with E-state index >= 15 is 0 Å². The van der Waals surface area contributed by atoms with Crippen LogP contribution in [0.25, 0.3) is 0 Å². The summed E-state index contributed by atoms with van der Waals surface area (Å²) in [5, 5.41) is 9.76. The molecule has 0 aliphatic heterocycles. The van der Waals surface area contributed by atoms with Gasteiger partial charge >= 0.3 is 6.03 Å². The quantitative estimate of drug-likeness (QED) is 0.795. The Morgan fingerprint density at radius 2 is 2.35 bits per heavy atom. The van der Waals surface area contributed by atoms with E-state index in [2.05, 4.69) is 15.7 Å². The van der Waals surface area contributed by atoms with Crippen LogP contribution in [-0.2, 0) is 6.54 Å². The Hall–Kier alpha value is -2.24. The summed E-state index contributed by atoms with van der Waals surface area (Å²) in [5.74, 6) is 1.60. The van der Waals surface area contributed by atoms with Crippen molar-refractivity contribution in [2.24, 2.45) is 0 Å². The van der Waals surface area contributed by atoms with Crippen LogP contribution in [0.4, 0.5) is 4.79 Å². The third-order valence-corrected chi connectivity index (χ3v) is 2.94. The summed E-state index contributed by atoms with van der Waals surface area (Å²) < 4.78 is 7.31. The normalized spacial score (nSPS) is 12.1. The van der Waals surface area contributed by atoms with Gasteiger partial charge in [0.2, 0.25) is 0 Å². The maximum absolute atomic E-state index is 11.7. The third kappa shape index (κ3) is 4.15. The van der Waals surface area contributed by atoms with Gasteiger partial charge < -0.3 is 15.1 Å². The average Bonchev–Trinajstić information content (AvgIpc) is 3.06. The minimum absolute atomic E-state index is 0.144. The zero-order valence-corrected chi connectivity index (χ0v) is 11.8. The molecular formula is C14H20N4O2. The third-order valence-electron chi connectivity index (χ3n) is 2.94. The molecule has 0 aromatic carbocycles. The van der Waals surface area contributed by atoms with Crippen LogP contribution in [-0.4, -0.2) is 22.4 Å². The molecule has 0 saturated carbocycles. The van der Waals surface area contributed by atoms with Crippen LogP contribution in [0.5, 0.6) is 0 Å². The summed E-state index contributed by atoms with van der Waals surface area (Å²) >= 11 is 0. The highest BCUT2D eigenvalue weighted by Crippen LogP contribution is 2.15. The second-order valence-electron chi connectivity index (χ2n) is 4.69. The zero-order valence-electron chi connectivity index (χ0n) is 11.8.